The van der Waals surface area contributed by atoms with Gasteiger partial charge in [0.25, 0.3) is 0 Å². The summed E-state index contributed by atoms with van der Waals surface area (Å²) in [7, 11) is 0. The number of aromatic carboxylic acids is 1. The zero-order valence-electron chi connectivity index (χ0n) is 13.6. The van der Waals surface area contributed by atoms with E-state index in [0.717, 1.165) is 30.5 Å². The third-order valence-electron chi connectivity index (χ3n) is 4.77. The van der Waals surface area contributed by atoms with E-state index in [1.54, 1.807) is 16.8 Å². The number of carbonyl (C=O) groups is 1. The molecule has 0 saturated heterocycles. The van der Waals surface area contributed by atoms with Gasteiger partial charge in [-0.15, -0.1) is 0 Å². The van der Waals surface area contributed by atoms with Crippen molar-refractivity contribution >= 4 is 5.97 Å². The second kappa shape index (κ2) is 5.48. The maximum Gasteiger partial charge on any atom is 0.356 e. The lowest BCUT2D eigenvalue weighted by Crippen LogP contribution is -2.27. The summed E-state index contributed by atoms with van der Waals surface area (Å²) in [6.07, 6.45) is 2.51. The van der Waals surface area contributed by atoms with Gasteiger partial charge >= 0.3 is 5.97 Å². The summed E-state index contributed by atoms with van der Waals surface area (Å²) in [6, 6.07) is 5.99. The summed E-state index contributed by atoms with van der Waals surface area (Å²) in [4.78, 5) is 11.6. The van der Waals surface area contributed by atoms with Gasteiger partial charge < -0.3 is 5.11 Å². The van der Waals surface area contributed by atoms with Crippen molar-refractivity contribution in [3.63, 3.8) is 0 Å². The molecule has 1 aromatic heterocycles. The fraction of sp³-hybridized carbons (Fsp3) is 0.444. The number of benzene rings is 1. The third kappa shape index (κ3) is 2.87. The van der Waals surface area contributed by atoms with Gasteiger partial charge in [-0.2, -0.15) is 5.10 Å². The maximum atomic E-state index is 13.1. The zero-order chi connectivity index (χ0) is 16.8. The number of carboxylic acid groups (broad SMARTS) is 1. The summed E-state index contributed by atoms with van der Waals surface area (Å²) in [5.41, 5.74) is 2.72. The first-order valence-electron chi connectivity index (χ1n) is 7.87. The highest BCUT2D eigenvalue weighted by atomic mass is 19.1. The Kier molecular flexibility index (Phi) is 3.74. The van der Waals surface area contributed by atoms with Gasteiger partial charge in [0.05, 0.1) is 5.69 Å². The Hall–Kier alpha value is -2.17. The van der Waals surface area contributed by atoms with Crippen LogP contribution in [0, 0.1) is 17.2 Å². The highest BCUT2D eigenvalue weighted by molar-refractivity contribution is 5.87. The number of hydrogen-bond acceptors (Lipinski definition) is 2. The molecule has 0 radical (unpaired) electrons. The first-order chi connectivity index (χ1) is 10.8. The first-order valence-corrected chi connectivity index (χ1v) is 7.87. The van der Waals surface area contributed by atoms with E-state index in [1.165, 1.54) is 12.1 Å². The Morgan fingerprint density at radius 3 is 2.52 bits per heavy atom. The predicted molar refractivity (Wildman–Crippen MR) is 85.5 cm³/mol. The van der Waals surface area contributed by atoms with Gasteiger partial charge in [0, 0.05) is 11.3 Å². The lowest BCUT2D eigenvalue weighted by Gasteiger charge is -2.34. The van der Waals surface area contributed by atoms with Gasteiger partial charge in [-0.05, 0) is 54.9 Å². The quantitative estimate of drug-likeness (QED) is 0.915. The standard InChI is InChI=1S/C18H21FN2O2/c1-18(2,3)11-4-9-15-14(10-11)16(17(22)23)20-21(15)13-7-5-12(19)6-8-13/h5-8,11H,4,9-10H2,1-3H3,(H,22,23). The van der Waals surface area contributed by atoms with Crippen LogP contribution in [0.15, 0.2) is 24.3 Å². The van der Waals surface area contributed by atoms with Crippen molar-refractivity contribution in [2.75, 3.05) is 0 Å². The molecule has 1 N–H and O–H groups in total. The molecule has 3 rings (SSSR count). The smallest absolute Gasteiger partial charge is 0.356 e. The van der Waals surface area contributed by atoms with Crippen LogP contribution in [0.5, 0.6) is 0 Å². The molecule has 1 aliphatic carbocycles. The number of rotatable bonds is 2. The molecule has 23 heavy (non-hydrogen) atoms. The molecule has 0 bridgehead atoms. The van der Waals surface area contributed by atoms with E-state index >= 15 is 0 Å². The van der Waals surface area contributed by atoms with Gasteiger partial charge in [0.2, 0.25) is 0 Å². The molecule has 0 spiro atoms. The van der Waals surface area contributed by atoms with Crippen molar-refractivity contribution in [3.8, 4) is 5.69 Å². The van der Waals surface area contributed by atoms with Gasteiger partial charge in [-0.3, -0.25) is 0 Å². The number of hydrogen-bond donors (Lipinski definition) is 1. The Bertz CT molecular complexity index is 742. The zero-order valence-corrected chi connectivity index (χ0v) is 13.6. The van der Waals surface area contributed by atoms with Crippen LogP contribution in [-0.4, -0.2) is 20.9 Å². The molecule has 2 aromatic rings. The van der Waals surface area contributed by atoms with Gasteiger partial charge in [0.1, 0.15) is 5.82 Å². The summed E-state index contributed by atoms with van der Waals surface area (Å²) >= 11 is 0. The van der Waals surface area contributed by atoms with Crippen molar-refractivity contribution in [3.05, 3.63) is 47.0 Å². The number of halogens is 1. The lowest BCUT2D eigenvalue weighted by molar-refractivity contribution is 0.0687. The van der Waals surface area contributed by atoms with Crippen molar-refractivity contribution in [2.45, 2.75) is 40.0 Å². The van der Waals surface area contributed by atoms with E-state index in [1.807, 2.05) is 0 Å². The van der Waals surface area contributed by atoms with Crippen LogP contribution in [0.3, 0.4) is 0 Å². The summed E-state index contributed by atoms with van der Waals surface area (Å²) in [5, 5.41) is 13.8. The van der Waals surface area contributed by atoms with Crippen LogP contribution in [0.2, 0.25) is 0 Å². The van der Waals surface area contributed by atoms with E-state index < -0.39 is 5.97 Å². The van der Waals surface area contributed by atoms with Crippen molar-refractivity contribution in [1.82, 2.24) is 9.78 Å². The Morgan fingerprint density at radius 2 is 1.96 bits per heavy atom. The molecule has 1 heterocycles. The minimum atomic E-state index is -1.00. The highest BCUT2D eigenvalue weighted by Crippen LogP contribution is 2.39. The minimum absolute atomic E-state index is 0.123. The molecule has 1 atom stereocenters. The Balaban J connectivity index is 2.08. The third-order valence-corrected chi connectivity index (χ3v) is 4.77. The van der Waals surface area contributed by atoms with Gasteiger partial charge in [-0.25, -0.2) is 13.9 Å². The molecule has 122 valence electrons. The predicted octanol–water partition coefficient (Wildman–Crippen LogP) is 3.86. The molecule has 0 saturated carbocycles. The molecule has 1 aliphatic rings. The van der Waals surface area contributed by atoms with Crippen LogP contribution in [0.1, 0.15) is 48.9 Å². The molecule has 4 nitrogen and oxygen atoms in total. The number of nitrogens with zero attached hydrogens (tertiary/aromatic N) is 2. The van der Waals surface area contributed by atoms with Crippen molar-refractivity contribution in [2.24, 2.45) is 11.3 Å². The molecular weight excluding hydrogens is 295 g/mol. The van der Waals surface area contributed by atoms with E-state index in [2.05, 4.69) is 25.9 Å². The molecule has 0 amide bonds. The highest BCUT2D eigenvalue weighted by Gasteiger charge is 2.34. The topological polar surface area (TPSA) is 55.1 Å². The molecule has 1 unspecified atom stereocenters. The molecule has 1 aromatic carbocycles. The van der Waals surface area contributed by atoms with Crippen LogP contribution < -0.4 is 0 Å². The number of fused-ring (bicyclic) bond motifs is 1. The number of carboxylic acids is 1. The fourth-order valence-corrected chi connectivity index (χ4v) is 3.32. The summed E-state index contributed by atoms with van der Waals surface area (Å²) in [6.45, 7) is 6.56. The average Bonchev–Trinajstić information content (AvgIpc) is 2.86. The van der Waals surface area contributed by atoms with E-state index in [0.29, 0.717) is 11.6 Å². The van der Waals surface area contributed by atoms with Crippen LogP contribution >= 0.6 is 0 Å². The Morgan fingerprint density at radius 1 is 1.30 bits per heavy atom. The molecule has 0 aliphatic heterocycles. The minimum Gasteiger partial charge on any atom is -0.476 e. The second-order valence-corrected chi connectivity index (χ2v) is 7.27. The normalized spacial score (nSPS) is 17.8. The van der Waals surface area contributed by atoms with Crippen LogP contribution in [0.25, 0.3) is 5.69 Å². The van der Waals surface area contributed by atoms with Crippen LogP contribution in [-0.2, 0) is 12.8 Å². The van der Waals surface area contributed by atoms with Gasteiger partial charge in [-0.1, -0.05) is 20.8 Å². The fourth-order valence-electron chi connectivity index (χ4n) is 3.32. The van der Waals surface area contributed by atoms with E-state index in [-0.39, 0.29) is 16.9 Å². The maximum absolute atomic E-state index is 13.1. The van der Waals surface area contributed by atoms with Crippen molar-refractivity contribution < 1.29 is 14.3 Å². The molecule has 0 fully saturated rings. The summed E-state index contributed by atoms with van der Waals surface area (Å²) in [5.74, 6) is -0.892. The largest absolute Gasteiger partial charge is 0.476 e. The van der Waals surface area contributed by atoms with Crippen molar-refractivity contribution in [1.29, 1.82) is 0 Å². The van der Waals surface area contributed by atoms with Gasteiger partial charge in [0.15, 0.2) is 5.69 Å². The first kappa shape index (κ1) is 15.7. The van der Waals surface area contributed by atoms with E-state index in [9.17, 15) is 14.3 Å². The molecule has 5 heteroatoms. The average molecular weight is 316 g/mol. The monoisotopic (exact) mass is 316 g/mol. The lowest BCUT2D eigenvalue weighted by atomic mass is 9.71. The van der Waals surface area contributed by atoms with E-state index in [4.69, 9.17) is 0 Å². The van der Waals surface area contributed by atoms with Crippen LogP contribution in [0.4, 0.5) is 4.39 Å². The Labute approximate surface area is 134 Å². The SMILES string of the molecule is CC(C)(C)C1CCc2c(c(C(=O)O)nn2-c2ccc(F)cc2)C1. The second-order valence-electron chi connectivity index (χ2n) is 7.27. The number of aromatic nitrogens is 2. The molecular formula is C18H21FN2O2. The summed E-state index contributed by atoms with van der Waals surface area (Å²) < 4.78 is 14.8.